The van der Waals surface area contributed by atoms with Crippen molar-refractivity contribution in [3.8, 4) is 0 Å². The summed E-state index contributed by atoms with van der Waals surface area (Å²) < 4.78 is 26.8. The number of benzene rings is 2. The molecule has 1 aliphatic heterocycles. The van der Waals surface area contributed by atoms with Gasteiger partial charge in [0, 0.05) is 29.7 Å². The second-order valence-corrected chi connectivity index (χ2v) is 9.90. The standard InChI is InChI=1S/C19H19Cl3N2O3S/c20-15-2-1-3-16(11-15)23-19(25)14-6-8-24(9-7-14)28(26,27)12-13-4-5-17(21)18(22)10-13/h1-5,10-11,14H,6-9,12H2,(H,23,25). The van der Waals surface area contributed by atoms with Gasteiger partial charge in [0.1, 0.15) is 0 Å². The Labute approximate surface area is 179 Å². The van der Waals surface area contributed by atoms with Crippen molar-refractivity contribution >= 4 is 56.4 Å². The lowest BCUT2D eigenvalue weighted by molar-refractivity contribution is -0.120. The van der Waals surface area contributed by atoms with Gasteiger partial charge in [-0.3, -0.25) is 4.79 Å². The highest BCUT2D eigenvalue weighted by atomic mass is 35.5. The second-order valence-electron chi connectivity index (χ2n) is 6.68. The molecule has 28 heavy (non-hydrogen) atoms. The molecule has 3 rings (SSSR count). The smallest absolute Gasteiger partial charge is 0.227 e. The second kappa shape index (κ2) is 9.01. The van der Waals surface area contributed by atoms with Crippen LogP contribution in [0, 0.1) is 5.92 Å². The van der Waals surface area contributed by atoms with E-state index in [0.717, 1.165) is 0 Å². The predicted molar refractivity (Wildman–Crippen MR) is 113 cm³/mol. The summed E-state index contributed by atoms with van der Waals surface area (Å²) in [7, 11) is -3.50. The molecule has 1 saturated heterocycles. The zero-order chi connectivity index (χ0) is 20.3. The van der Waals surface area contributed by atoms with E-state index in [1.54, 1.807) is 42.5 Å². The summed E-state index contributed by atoms with van der Waals surface area (Å²) in [4.78, 5) is 12.4. The zero-order valence-corrected chi connectivity index (χ0v) is 18.0. The van der Waals surface area contributed by atoms with Crippen LogP contribution < -0.4 is 5.32 Å². The van der Waals surface area contributed by atoms with Crippen LogP contribution in [-0.2, 0) is 20.6 Å². The molecule has 5 nitrogen and oxygen atoms in total. The van der Waals surface area contributed by atoms with E-state index in [-0.39, 0.29) is 17.6 Å². The highest BCUT2D eigenvalue weighted by Crippen LogP contribution is 2.26. The number of amides is 1. The fourth-order valence-electron chi connectivity index (χ4n) is 3.14. The van der Waals surface area contributed by atoms with Crippen LogP contribution in [0.1, 0.15) is 18.4 Å². The molecule has 2 aromatic carbocycles. The molecule has 0 atom stereocenters. The maximum Gasteiger partial charge on any atom is 0.227 e. The van der Waals surface area contributed by atoms with Gasteiger partial charge >= 0.3 is 0 Å². The molecule has 1 heterocycles. The zero-order valence-electron chi connectivity index (χ0n) is 14.9. The first-order chi connectivity index (χ1) is 13.2. The Bertz CT molecular complexity index is 974. The van der Waals surface area contributed by atoms with Crippen molar-refractivity contribution in [1.29, 1.82) is 0 Å². The minimum Gasteiger partial charge on any atom is -0.326 e. The lowest BCUT2D eigenvalue weighted by atomic mass is 9.97. The molecule has 0 unspecified atom stereocenters. The van der Waals surface area contributed by atoms with Crippen molar-refractivity contribution in [1.82, 2.24) is 4.31 Å². The van der Waals surface area contributed by atoms with Gasteiger partial charge < -0.3 is 5.32 Å². The lowest BCUT2D eigenvalue weighted by Crippen LogP contribution is -2.41. The SMILES string of the molecule is O=C(Nc1cccc(Cl)c1)C1CCN(S(=O)(=O)Cc2ccc(Cl)c(Cl)c2)CC1. The number of piperidine rings is 1. The van der Waals surface area contributed by atoms with Crippen LogP contribution in [-0.4, -0.2) is 31.7 Å². The summed E-state index contributed by atoms with van der Waals surface area (Å²) in [6.45, 7) is 0.606. The number of carbonyl (C=O) groups is 1. The number of anilines is 1. The van der Waals surface area contributed by atoms with Crippen LogP contribution in [0.5, 0.6) is 0 Å². The average Bonchev–Trinajstić information content (AvgIpc) is 2.65. The van der Waals surface area contributed by atoms with E-state index < -0.39 is 10.0 Å². The third kappa shape index (κ3) is 5.39. The molecule has 0 spiro atoms. The van der Waals surface area contributed by atoms with Gasteiger partial charge in [0.2, 0.25) is 15.9 Å². The van der Waals surface area contributed by atoms with Gasteiger partial charge in [-0.2, -0.15) is 0 Å². The van der Waals surface area contributed by atoms with Crippen molar-refractivity contribution in [2.75, 3.05) is 18.4 Å². The fourth-order valence-corrected chi connectivity index (χ4v) is 5.20. The molecule has 1 amide bonds. The first-order valence-electron chi connectivity index (χ1n) is 8.73. The maximum absolute atomic E-state index is 12.7. The summed E-state index contributed by atoms with van der Waals surface area (Å²) in [5.41, 5.74) is 1.21. The minimum absolute atomic E-state index is 0.121. The Morgan fingerprint density at radius 1 is 1.04 bits per heavy atom. The Morgan fingerprint density at radius 2 is 1.75 bits per heavy atom. The average molecular weight is 462 g/mol. The van der Waals surface area contributed by atoms with Gasteiger partial charge in [-0.15, -0.1) is 0 Å². The molecule has 0 saturated carbocycles. The lowest BCUT2D eigenvalue weighted by Gasteiger charge is -2.30. The highest BCUT2D eigenvalue weighted by Gasteiger charge is 2.31. The summed E-state index contributed by atoms with van der Waals surface area (Å²) in [5.74, 6) is -0.511. The van der Waals surface area contributed by atoms with Crippen molar-refractivity contribution in [3.05, 3.63) is 63.1 Å². The van der Waals surface area contributed by atoms with Gasteiger partial charge in [-0.25, -0.2) is 12.7 Å². The normalized spacial score (nSPS) is 16.1. The third-order valence-electron chi connectivity index (χ3n) is 4.64. The van der Waals surface area contributed by atoms with Crippen molar-refractivity contribution in [2.45, 2.75) is 18.6 Å². The van der Waals surface area contributed by atoms with Gasteiger partial charge in [0.15, 0.2) is 0 Å². The number of hydrogen-bond acceptors (Lipinski definition) is 3. The van der Waals surface area contributed by atoms with Crippen LogP contribution in [0.4, 0.5) is 5.69 Å². The van der Waals surface area contributed by atoms with Crippen molar-refractivity contribution < 1.29 is 13.2 Å². The van der Waals surface area contributed by atoms with Crippen molar-refractivity contribution in [2.24, 2.45) is 5.92 Å². The van der Waals surface area contributed by atoms with Gasteiger partial charge in [0.25, 0.3) is 0 Å². The van der Waals surface area contributed by atoms with Gasteiger partial charge in [0.05, 0.1) is 15.8 Å². The first kappa shape index (κ1) is 21.4. The molecule has 0 bridgehead atoms. The van der Waals surface area contributed by atoms with E-state index in [9.17, 15) is 13.2 Å². The number of sulfonamides is 1. The quantitative estimate of drug-likeness (QED) is 0.693. The number of nitrogens with one attached hydrogen (secondary N) is 1. The molecule has 0 radical (unpaired) electrons. The molecule has 0 aliphatic carbocycles. The van der Waals surface area contributed by atoms with Gasteiger partial charge in [-0.05, 0) is 48.7 Å². The molecule has 2 aromatic rings. The Hall–Kier alpha value is -1.31. The van der Waals surface area contributed by atoms with E-state index >= 15 is 0 Å². The summed E-state index contributed by atoms with van der Waals surface area (Å²) in [6.07, 6.45) is 0.931. The predicted octanol–water partition coefficient (Wildman–Crippen LogP) is 4.83. The van der Waals surface area contributed by atoms with E-state index in [0.29, 0.717) is 52.2 Å². The Kier molecular flexibility index (Phi) is 6.89. The maximum atomic E-state index is 12.7. The third-order valence-corrected chi connectivity index (χ3v) is 7.47. The van der Waals surface area contributed by atoms with Crippen molar-refractivity contribution in [3.63, 3.8) is 0 Å². The van der Waals surface area contributed by atoms with E-state index in [1.807, 2.05) is 0 Å². The number of rotatable bonds is 5. The van der Waals surface area contributed by atoms with E-state index in [2.05, 4.69) is 5.32 Å². The molecule has 1 fully saturated rings. The first-order valence-corrected chi connectivity index (χ1v) is 11.5. The van der Waals surface area contributed by atoms with Crippen LogP contribution in [0.25, 0.3) is 0 Å². The minimum atomic E-state index is -3.50. The number of carbonyl (C=O) groups excluding carboxylic acids is 1. The van der Waals surface area contributed by atoms with Crippen LogP contribution in [0.15, 0.2) is 42.5 Å². The topological polar surface area (TPSA) is 66.5 Å². The van der Waals surface area contributed by atoms with E-state index in [1.165, 1.54) is 4.31 Å². The summed E-state index contributed by atoms with van der Waals surface area (Å²) in [5, 5.41) is 4.09. The Morgan fingerprint density at radius 3 is 2.39 bits per heavy atom. The molecule has 1 aliphatic rings. The molecule has 1 N–H and O–H groups in total. The fraction of sp³-hybridized carbons (Fsp3) is 0.316. The van der Waals surface area contributed by atoms with Crippen LogP contribution >= 0.6 is 34.8 Å². The summed E-state index contributed by atoms with van der Waals surface area (Å²) in [6, 6.07) is 11.7. The molecule has 0 aromatic heterocycles. The largest absolute Gasteiger partial charge is 0.326 e. The highest BCUT2D eigenvalue weighted by molar-refractivity contribution is 7.88. The number of nitrogens with zero attached hydrogens (tertiary/aromatic N) is 1. The number of halogens is 3. The summed E-state index contributed by atoms with van der Waals surface area (Å²) >= 11 is 17.8. The number of hydrogen-bond donors (Lipinski definition) is 1. The van der Waals surface area contributed by atoms with Crippen LogP contribution in [0.3, 0.4) is 0 Å². The van der Waals surface area contributed by atoms with E-state index in [4.69, 9.17) is 34.8 Å². The van der Waals surface area contributed by atoms with Crippen LogP contribution in [0.2, 0.25) is 15.1 Å². The molecular weight excluding hydrogens is 443 g/mol. The molecular formula is C19H19Cl3N2O3S. The van der Waals surface area contributed by atoms with Gasteiger partial charge in [-0.1, -0.05) is 46.9 Å². The molecule has 150 valence electrons. The monoisotopic (exact) mass is 460 g/mol. The molecule has 9 heteroatoms. The Balaban J connectivity index is 1.57.